The zero-order valence-corrected chi connectivity index (χ0v) is 12.2. The van der Waals surface area contributed by atoms with Crippen LogP contribution in [-0.2, 0) is 6.42 Å². The van der Waals surface area contributed by atoms with Crippen LogP contribution in [0.25, 0.3) is 0 Å². The first kappa shape index (κ1) is 14.1. The van der Waals surface area contributed by atoms with Gasteiger partial charge in [0.2, 0.25) is 0 Å². The first-order chi connectivity index (χ1) is 9.20. The Hall–Kier alpha value is -1.31. The lowest BCUT2D eigenvalue weighted by Gasteiger charge is -2.17. The van der Waals surface area contributed by atoms with E-state index < -0.39 is 0 Å². The minimum Gasteiger partial charge on any atom is -0.319 e. The summed E-state index contributed by atoms with van der Waals surface area (Å²) in [5, 5.41) is 4.13. The molecule has 0 aliphatic rings. The van der Waals surface area contributed by atoms with E-state index in [4.69, 9.17) is 11.6 Å². The summed E-state index contributed by atoms with van der Waals surface area (Å²) in [6.45, 7) is 3.00. The molecule has 2 rings (SSSR count). The standard InChI is InChI=1S/C17H20ClN/c1-13-8-9-14(11-17(13)18)10-16(12-19-2)15-6-4-3-5-7-15/h3-9,11,16,19H,10,12H2,1-2H3. The summed E-state index contributed by atoms with van der Waals surface area (Å²) in [6, 6.07) is 17.0. The average molecular weight is 274 g/mol. The van der Waals surface area contributed by atoms with E-state index in [1.165, 1.54) is 11.1 Å². The molecule has 1 unspecified atom stereocenters. The third-order valence-electron chi connectivity index (χ3n) is 3.44. The number of hydrogen-bond acceptors (Lipinski definition) is 1. The van der Waals surface area contributed by atoms with Crippen LogP contribution in [0.15, 0.2) is 48.5 Å². The van der Waals surface area contributed by atoms with Crippen molar-refractivity contribution in [3.05, 3.63) is 70.2 Å². The summed E-state index contributed by atoms with van der Waals surface area (Å²) in [4.78, 5) is 0. The number of aryl methyl sites for hydroxylation is 1. The predicted molar refractivity (Wildman–Crippen MR) is 83.0 cm³/mol. The van der Waals surface area contributed by atoms with Gasteiger partial charge in [-0.25, -0.2) is 0 Å². The van der Waals surface area contributed by atoms with Crippen LogP contribution in [0.3, 0.4) is 0 Å². The Morgan fingerprint density at radius 2 is 1.84 bits per heavy atom. The summed E-state index contributed by atoms with van der Waals surface area (Å²) in [5.74, 6) is 0.477. The molecule has 0 heterocycles. The van der Waals surface area contributed by atoms with Crippen molar-refractivity contribution < 1.29 is 0 Å². The first-order valence-electron chi connectivity index (χ1n) is 6.65. The molecule has 0 aliphatic carbocycles. The Kier molecular flexibility index (Phi) is 5.00. The molecule has 0 bridgehead atoms. The van der Waals surface area contributed by atoms with Gasteiger partial charge in [0.15, 0.2) is 0 Å². The highest BCUT2D eigenvalue weighted by Gasteiger charge is 2.11. The Bertz CT molecular complexity index is 522. The minimum absolute atomic E-state index is 0.477. The van der Waals surface area contributed by atoms with Gasteiger partial charge in [0, 0.05) is 17.5 Å². The number of rotatable bonds is 5. The molecule has 2 aromatic carbocycles. The fourth-order valence-corrected chi connectivity index (χ4v) is 2.53. The predicted octanol–water partition coefficient (Wildman–Crippen LogP) is 4.19. The van der Waals surface area contributed by atoms with Crippen molar-refractivity contribution in [2.24, 2.45) is 0 Å². The highest BCUT2D eigenvalue weighted by atomic mass is 35.5. The van der Waals surface area contributed by atoms with E-state index in [1.54, 1.807) is 0 Å². The van der Waals surface area contributed by atoms with E-state index in [2.05, 4.69) is 53.8 Å². The Labute approximate surface area is 120 Å². The Morgan fingerprint density at radius 1 is 1.11 bits per heavy atom. The molecule has 1 nitrogen and oxygen atoms in total. The maximum atomic E-state index is 6.20. The molecule has 0 aromatic heterocycles. The number of hydrogen-bond donors (Lipinski definition) is 1. The monoisotopic (exact) mass is 273 g/mol. The van der Waals surface area contributed by atoms with Gasteiger partial charge in [-0.3, -0.25) is 0 Å². The van der Waals surface area contributed by atoms with Gasteiger partial charge < -0.3 is 5.32 Å². The second kappa shape index (κ2) is 6.74. The van der Waals surface area contributed by atoms with E-state index >= 15 is 0 Å². The van der Waals surface area contributed by atoms with Crippen molar-refractivity contribution in [2.75, 3.05) is 13.6 Å². The molecule has 100 valence electrons. The van der Waals surface area contributed by atoms with Gasteiger partial charge >= 0.3 is 0 Å². The van der Waals surface area contributed by atoms with Crippen LogP contribution in [0.1, 0.15) is 22.6 Å². The molecule has 0 amide bonds. The van der Waals surface area contributed by atoms with Crippen LogP contribution in [0.4, 0.5) is 0 Å². The topological polar surface area (TPSA) is 12.0 Å². The molecule has 1 atom stereocenters. The Balaban J connectivity index is 2.19. The van der Waals surface area contributed by atoms with Crippen LogP contribution in [0.5, 0.6) is 0 Å². The SMILES string of the molecule is CNCC(Cc1ccc(C)c(Cl)c1)c1ccccc1. The molecule has 0 saturated heterocycles. The fraction of sp³-hybridized carbons (Fsp3) is 0.294. The molecular weight excluding hydrogens is 254 g/mol. The lowest BCUT2D eigenvalue weighted by Crippen LogP contribution is -2.19. The second-order valence-corrected chi connectivity index (χ2v) is 5.36. The lowest BCUT2D eigenvalue weighted by atomic mass is 9.91. The largest absolute Gasteiger partial charge is 0.319 e. The van der Waals surface area contributed by atoms with E-state index in [1.807, 2.05) is 14.0 Å². The molecule has 1 N–H and O–H groups in total. The summed E-state index contributed by atoms with van der Waals surface area (Å²) in [7, 11) is 2.00. The zero-order chi connectivity index (χ0) is 13.7. The highest BCUT2D eigenvalue weighted by Crippen LogP contribution is 2.23. The quantitative estimate of drug-likeness (QED) is 0.861. The molecule has 0 fully saturated rings. The third-order valence-corrected chi connectivity index (χ3v) is 3.85. The van der Waals surface area contributed by atoms with Gasteiger partial charge in [-0.1, -0.05) is 54.1 Å². The van der Waals surface area contributed by atoms with E-state index in [0.29, 0.717) is 5.92 Å². The van der Waals surface area contributed by atoms with Crippen LogP contribution >= 0.6 is 11.6 Å². The van der Waals surface area contributed by atoms with Gasteiger partial charge in [-0.15, -0.1) is 0 Å². The highest BCUT2D eigenvalue weighted by molar-refractivity contribution is 6.31. The smallest absolute Gasteiger partial charge is 0.0437 e. The van der Waals surface area contributed by atoms with Crippen LogP contribution in [0.2, 0.25) is 5.02 Å². The van der Waals surface area contributed by atoms with Gasteiger partial charge in [0.25, 0.3) is 0 Å². The number of nitrogens with one attached hydrogen (secondary N) is 1. The number of benzene rings is 2. The van der Waals surface area contributed by atoms with Gasteiger partial charge in [-0.2, -0.15) is 0 Å². The van der Waals surface area contributed by atoms with E-state index in [-0.39, 0.29) is 0 Å². The molecule has 2 aromatic rings. The molecule has 0 spiro atoms. The molecule has 2 heteroatoms. The molecule has 0 radical (unpaired) electrons. The Morgan fingerprint density at radius 3 is 2.47 bits per heavy atom. The number of likely N-dealkylation sites (N-methyl/N-ethyl adjacent to an activating group) is 1. The van der Waals surface area contributed by atoms with Crippen molar-refractivity contribution in [2.45, 2.75) is 19.3 Å². The van der Waals surface area contributed by atoms with Gasteiger partial charge in [0.05, 0.1) is 0 Å². The molecule has 19 heavy (non-hydrogen) atoms. The average Bonchev–Trinajstić information content (AvgIpc) is 2.43. The van der Waals surface area contributed by atoms with E-state index in [9.17, 15) is 0 Å². The first-order valence-corrected chi connectivity index (χ1v) is 7.03. The number of halogens is 1. The second-order valence-electron chi connectivity index (χ2n) is 4.95. The summed E-state index contributed by atoms with van der Waals surface area (Å²) >= 11 is 6.20. The van der Waals surface area contributed by atoms with Crippen molar-refractivity contribution in [3.63, 3.8) is 0 Å². The minimum atomic E-state index is 0.477. The van der Waals surface area contributed by atoms with Gasteiger partial charge in [-0.05, 0) is 43.1 Å². The fourth-order valence-electron chi connectivity index (χ4n) is 2.33. The van der Waals surface area contributed by atoms with Crippen LogP contribution in [0, 0.1) is 6.92 Å². The van der Waals surface area contributed by atoms with E-state index in [0.717, 1.165) is 23.6 Å². The normalized spacial score (nSPS) is 12.4. The van der Waals surface area contributed by atoms with Crippen molar-refractivity contribution >= 4 is 11.6 Å². The van der Waals surface area contributed by atoms with Gasteiger partial charge in [0.1, 0.15) is 0 Å². The third kappa shape index (κ3) is 3.82. The molecule has 0 aliphatic heterocycles. The van der Waals surface area contributed by atoms with Crippen LogP contribution in [-0.4, -0.2) is 13.6 Å². The molecular formula is C17H20ClN. The van der Waals surface area contributed by atoms with Crippen molar-refractivity contribution in [1.29, 1.82) is 0 Å². The maximum absolute atomic E-state index is 6.20. The summed E-state index contributed by atoms with van der Waals surface area (Å²) in [5.41, 5.74) is 3.79. The van der Waals surface area contributed by atoms with Crippen molar-refractivity contribution in [1.82, 2.24) is 5.32 Å². The zero-order valence-electron chi connectivity index (χ0n) is 11.5. The lowest BCUT2D eigenvalue weighted by molar-refractivity contribution is 0.626. The molecule has 0 saturated carbocycles. The summed E-state index contributed by atoms with van der Waals surface area (Å²) in [6.07, 6.45) is 1.00. The maximum Gasteiger partial charge on any atom is 0.0437 e. The van der Waals surface area contributed by atoms with Crippen molar-refractivity contribution in [3.8, 4) is 0 Å². The van der Waals surface area contributed by atoms with Crippen LogP contribution < -0.4 is 5.32 Å². The summed E-state index contributed by atoms with van der Waals surface area (Å²) < 4.78 is 0.